The monoisotopic (exact) mass is 222 g/mol. The van der Waals surface area contributed by atoms with Crippen molar-refractivity contribution in [2.75, 3.05) is 6.54 Å². The molecular weight excluding hydrogens is 208 g/mol. The number of hydrogen-bond acceptors (Lipinski definition) is 3. The smallest absolute Gasteiger partial charge is 0.251 e. The summed E-state index contributed by atoms with van der Waals surface area (Å²) in [5.74, 6) is -0.954. The molecule has 0 bridgehead atoms. The molecule has 0 saturated heterocycles. The molecule has 1 rings (SSSR count). The zero-order valence-electron chi connectivity index (χ0n) is 8.93. The summed E-state index contributed by atoms with van der Waals surface area (Å²) in [4.78, 5) is 21.9. The molecule has 0 aromatic heterocycles. The Bertz CT molecular complexity index is 385. The third-order valence-corrected chi connectivity index (χ3v) is 2.08. The van der Waals surface area contributed by atoms with Gasteiger partial charge in [-0.3, -0.25) is 9.59 Å². The molecular formula is C11H14N2O3. The molecule has 0 fully saturated rings. The fraction of sp³-hybridized carbons (Fsp3) is 0.273. The Balaban J connectivity index is 2.66. The van der Waals surface area contributed by atoms with Gasteiger partial charge in [0, 0.05) is 5.56 Å². The van der Waals surface area contributed by atoms with Crippen LogP contribution in [0, 0.1) is 0 Å². The van der Waals surface area contributed by atoms with E-state index in [4.69, 9.17) is 5.73 Å². The number of benzene rings is 1. The van der Waals surface area contributed by atoms with Crippen LogP contribution in [0.4, 0.5) is 0 Å². The fourth-order valence-corrected chi connectivity index (χ4v) is 1.18. The number of carbonyl (C=O) groups excluding carboxylic acids is 2. The largest absolute Gasteiger partial charge is 0.389 e. The maximum atomic E-state index is 11.4. The van der Waals surface area contributed by atoms with E-state index in [1.165, 1.54) is 0 Å². The van der Waals surface area contributed by atoms with E-state index in [1.807, 2.05) is 0 Å². The Labute approximate surface area is 93.3 Å². The number of hydrogen-bond donors (Lipinski definition) is 3. The molecule has 0 aliphatic heterocycles. The van der Waals surface area contributed by atoms with Gasteiger partial charge in [-0.15, -0.1) is 0 Å². The molecule has 2 amide bonds. The van der Waals surface area contributed by atoms with Crippen molar-refractivity contribution >= 4 is 11.8 Å². The minimum Gasteiger partial charge on any atom is -0.389 e. The number of carbonyl (C=O) groups is 2. The maximum Gasteiger partial charge on any atom is 0.251 e. The topological polar surface area (TPSA) is 92.4 Å². The average Bonchev–Trinajstić information content (AvgIpc) is 2.26. The van der Waals surface area contributed by atoms with Gasteiger partial charge >= 0.3 is 0 Å². The van der Waals surface area contributed by atoms with Crippen molar-refractivity contribution in [3.63, 3.8) is 0 Å². The van der Waals surface area contributed by atoms with E-state index in [2.05, 4.69) is 5.32 Å². The highest BCUT2D eigenvalue weighted by molar-refractivity contribution is 5.96. The number of amides is 2. The summed E-state index contributed by atoms with van der Waals surface area (Å²) in [5, 5.41) is 11.6. The minimum absolute atomic E-state index is 0.184. The number of primary amides is 1. The Morgan fingerprint density at radius 2 is 1.94 bits per heavy atom. The number of nitrogens with two attached hydrogens (primary N) is 1. The molecule has 4 N–H and O–H groups in total. The van der Waals surface area contributed by atoms with E-state index in [0.29, 0.717) is 5.56 Å². The van der Waals surface area contributed by atoms with Gasteiger partial charge in [0.25, 0.3) is 5.91 Å². The summed E-state index contributed by atoms with van der Waals surface area (Å²) >= 11 is 0. The molecule has 1 aromatic carbocycles. The first kappa shape index (κ1) is 12.2. The van der Waals surface area contributed by atoms with Crippen molar-refractivity contribution in [3.8, 4) is 0 Å². The minimum atomic E-state index is -0.589. The van der Waals surface area contributed by atoms with E-state index in [0.717, 1.165) is 5.56 Å². The molecule has 1 aromatic rings. The van der Waals surface area contributed by atoms with E-state index in [-0.39, 0.29) is 12.5 Å². The Kier molecular flexibility index (Phi) is 4.02. The molecule has 86 valence electrons. The molecule has 5 heteroatoms. The van der Waals surface area contributed by atoms with Gasteiger partial charge in [0.1, 0.15) is 0 Å². The highest BCUT2D eigenvalue weighted by atomic mass is 16.3. The highest BCUT2D eigenvalue weighted by Crippen LogP contribution is 2.12. The number of nitrogens with one attached hydrogen (secondary N) is 1. The molecule has 0 heterocycles. The normalized spacial score (nSPS) is 11.9. The summed E-state index contributed by atoms with van der Waals surface area (Å²) in [7, 11) is 0. The van der Waals surface area contributed by atoms with Crippen molar-refractivity contribution in [1.29, 1.82) is 0 Å². The summed E-state index contributed by atoms with van der Waals surface area (Å²) in [6, 6.07) is 6.48. The third-order valence-electron chi connectivity index (χ3n) is 2.08. The number of rotatable bonds is 4. The first-order valence-electron chi connectivity index (χ1n) is 4.85. The van der Waals surface area contributed by atoms with Crippen LogP contribution in [0.15, 0.2) is 24.3 Å². The molecule has 0 spiro atoms. The lowest BCUT2D eigenvalue weighted by Crippen LogP contribution is -2.33. The van der Waals surface area contributed by atoms with E-state index in [1.54, 1.807) is 31.2 Å². The lowest BCUT2D eigenvalue weighted by Gasteiger charge is -2.06. The van der Waals surface area contributed by atoms with Gasteiger partial charge in [0.2, 0.25) is 5.91 Å². The van der Waals surface area contributed by atoms with Crippen molar-refractivity contribution in [3.05, 3.63) is 35.4 Å². The van der Waals surface area contributed by atoms with Crippen LogP contribution in [-0.4, -0.2) is 23.5 Å². The van der Waals surface area contributed by atoms with Gasteiger partial charge in [-0.25, -0.2) is 0 Å². The van der Waals surface area contributed by atoms with Gasteiger partial charge in [-0.1, -0.05) is 12.1 Å². The van der Waals surface area contributed by atoms with Gasteiger partial charge in [0.15, 0.2) is 0 Å². The van der Waals surface area contributed by atoms with Crippen LogP contribution in [0.25, 0.3) is 0 Å². The lowest BCUT2D eigenvalue weighted by atomic mass is 10.1. The first-order chi connectivity index (χ1) is 7.50. The van der Waals surface area contributed by atoms with Crippen LogP contribution in [-0.2, 0) is 4.79 Å². The molecule has 0 aliphatic rings. The fourth-order valence-electron chi connectivity index (χ4n) is 1.18. The second kappa shape index (κ2) is 5.27. The Morgan fingerprint density at radius 3 is 2.38 bits per heavy atom. The molecule has 0 saturated carbocycles. The summed E-state index contributed by atoms with van der Waals surface area (Å²) < 4.78 is 0. The summed E-state index contributed by atoms with van der Waals surface area (Å²) in [6.07, 6.45) is -0.567. The number of aliphatic hydroxyl groups is 1. The maximum absolute atomic E-state index is 11.4. The predicted octanol–water partition coefficient (Wildman–Crippen LogP) is -0.0450. The quantitative estimate of drug-likeness (QED) is 0.667. The molecule has 1 unspecified atom stereocenters. The predicted molar refractivity (Wildman–Crippen MR) is 58.6 cm³/mol. The van der Waals surface area contributed by atoms with Crippen LogP contribution < -0.4 is 11.1 Å². The van der Waals surface area contributed by atoms with E-state index < -0.39 is 12.0 Å². The van der Waals surface area contributed by atoms with Crippen LogP contribution >= 0.6 is 0 Å². The van der Waals surface area contributed by atoms with Crippen molar-refractivity contribution in [1.82, 2.24) is 5.32 Å². The standard InChI is InChI=1S/C11H14N2O3/c1-7(14)8-2-4-9(5-3-8)11(16)13-6-10(12)15/h2-5,7,14H,6H2,1H3,(H2,12,15)(H,13,16). The molecule has 5 nitrogen and oxygen atoms in total. The van der Waals surface area contributed by atoms with Gasteiger partial charge < -0.3 is 16.2 Å². The zero-order valence-corrected chi connectivity index (χ0v) is 8.93. The summed E-state index contributed by atoms with van der Waals surface area (Å²) in [6.45, 7) is 1.46. The van der Waals surface area contributed by atoms with E-state index in [9.17, 15) is 14.7 Å². The SMILES string of the molecule is CC(O)c1ccc(C(=O)NCC(N)=O)cc1. The number of aliphatic hydroxyl groups excluding tert-OH is 1. The first-order valence-corrected chi connectivity index (χ1v) is 4.85. The van der Waals surface area contributed by atoms with Crippen LogP contribution in [0.2, 0.25) is 0 Å². The highest BCUT2D eigenvalue weighted by Gasteiger charge is 2.07. The molecule has 16 heavy (non-hydrogen) atoms. The van der Waals surface area contributed by atoms with Crippen LogP contribution in [0.5, 0.6) is 0 Å². The second-order valence-corrected chi connectivity index (χ2v) is 3.45. The third kappa shape index (κ3) is 3.36. The van der Waals surface area contributed by atoms with Gasteiger partial charge in [-0.2, -0.15) is 0 Å². The molecule has 1 atom stereocenters. The second-order valence-electron chi connectivity index (χ2n) is 3.45. The van der Waals surface area contributed by atoms with Crippen molar-refractivity contribution in [2.45, 2.75) is 13.0 Å². The average molecular weight is 222 g/mol. The van der Waals surface area contributed by atoms with Crippen LogP contribution in [0.1, 0.15) is 28.9 Å². The summed E-state index contributed by atoms with van der Waals surface area (Å²) in [5.41, 5.74) is 6.05. The van der Waals surface area contributed by atoms with Crippen molar-refractivity contribution < 1.29 is 14.7 Å². The van der Waals surface area contributed by atoms with Crippen LogP contribution in [0.3, 0.4) is 0 Å². The van der Waals surface area contributed by atoms with E-state index >= 15 is 0 Å². The van der Waals surface area contributed by atoms with Crippen molar-refractivity contribution in [2.24, 2.45) is 5.73 Å². The van der Waals surface area contributed by atoms with Gasteiger partial charge in [-0.05, 0) is 24.6 Å². The lowest BCUT2D eigenvalue weighted by molar-refractivity contribution is -0.117. The molecule has 0 aliphatic carbocycles. The van der Waals surface area contributed by atoms with Gasteiger partial charge in [0.05, 0.1) is 12.6 Å². The zero-order chi connectivity index (χ0) is 12.1. The Morgan fingerprint density at radius 1 is 1.38 bits per heavy atom. The molecule has 0 radical (unpaired) electrons. The Hall–Kier alpha value is -1.88.